The van der Waals surface area contributed by atoms with Gasteiger partial charge in [0.15, 0.2) is 28.9 Å². The van der Waals surface area contributed by atoms with E-state index < -0.39 is 17.3 Å². The van der Waals surface area contributed by atoms with Crippen LogP contribution in [0, 0.1) is 6.92 Å². The molecule has 0 amide bonds. The lowest BCUT2D eigenvalue weighted by Crippen LogP contribution is -2.38. The summed E-state index contributed by atoms with van der Waals surface area (Å²) in [5.74, 6) is 2.61. The number of halogens is 4. The van der Waals surface area contributed by atoms with Crippen molar-refractivity contribution >= 4 is 11.6 Å². The maximum absolute atomic E-state index is 13.9. The highest BCUT2D eigenvalue weighted by Crippen LogP contribution is 2.46. The highest BCUT2D eigenvalue weighted by atomic mass is 35.5. The van der Waals surface area contributed by atoms with Crippen molar-refractivity contribution in [1.82, 2.24) is 19.7 Å². The lowest BCUT2D eigenvalue weighted by atomic mass is 9.84. The summed E-state index contributed by atoms with van der Waals surface area (Å²) in [6, 6.07) is 18.9. The number of benzene rings is 3. The highest BCUT2D eigenvalue weighted by Gasteiger charge is 2.45. The maximum atomic E-state index is 13.9. The van der Waals surface area contributed by atoms with Gasteiger partial charge in [-0.1, -0.05) is 54.1 Å². The van der Waals surface area contributed by atoms with E-state index >= 15 is 0 Å². The number of rotatable bonds is 7. The third-order valence-electron chi connectivity index (χ3n) is 7.44. The first-order valence-corrected chi connectivity index (χ1v) is 13.7. The van der Waals surface area contributed by atoms with Gasteiger partial charge in [-0.2, -0.15) is 13.2 Å². The second kappa shape index (κ2) is 10.9. The molecule has 0 spiro atoms. The van der Waals surface area contributed by atoms with E-state index in [0.717, 1.165) is 22.8 Å². The van der Waals surface area contributed by atoms with Crippen LogP contribution in [0.25, 0.3) is 22.7 Å². The quantitative estimate of drug-likeness (QED) is 0.191. The number of methoxy groups -OCH3 is 1. The molecule has 0 radical (unpaired) electrons. The van der Waals surface area contributed by atoms with Crippen molar-refractivity contribution in [2.75, 3.05) is 7.11 Å². The molecule has 6 rings (SSSR count). The van der Waals surface area contributed by atoms with Crippen LogP contribution in [-0.2, 0) is 29.7 Å². The van der Waals surface area contributed by atoms with E-state index in [-0.39, 0.29) is 11.6 Å². The fraction of sp³-hybridized carbons (Fsp3) is 0.258. The van der Waals surface area contributed by atoms with Crippen molar-refractivity contribution in [3.8, 4) is 28.5 Å². The summed E-state index contributed by atoms with van der Waals surface area (Å²) in [5.41, 5.74) is 0.401. The van der Waals surface area contributed by atoms with Gasteiger partial charge in [-0.25, -0.2) is 4.98 Å². The molecule has 42 heavy (non-hydrogen) atoms. The van der Waals surface area contributed by atoms with Gasteiger partial charge in [-0.05, 0) is 48.2 Å². The van der Waals surface area contributed by atoms with Gasteiger partial charge in [0.2, 0.25) is 0 Å². The second-order valence-corrected chi connectivity index (χ2v) is 10.5. The first kappa shape index (κ1) is 28.0. The molecule has 11 heteroatoms. The van der Waals surface area contributed by atoms with Crippen molar-refractivity contribution in [2.24, 2.45) is 0 Å². The highest BCUT2D eigenvalue weighted by molar-refractivity contribution is 6.31. The number of ether oxygens (including phenoxy) is 2. The van der Waals surface area contributed by atoms with Crippen molar-refractivity contribution < 1.29 is 27.1 Å². The molecule has 0 bridgehead atoms. The number of hydrogen-bond donors (Lipinski definition) is 0. The summed E-state index contributed by atoms with van der Waals surface area (Å²) >= 11 is 5.99. The molecule has 2 aromatic heterocycles. The van der Waals surface area contributed by atoms with Crippen LogP contribution in [0.3, 0.4) is 0 Å². The Labute approximate surface area is 244 Å². The van der Waals surface area contributed by atoms with Gasteiger partial charge in [0, 0.05) is 19.0 Å². The van der Waals surface area contributed by atoms with Crippen LogP contribution in [0.5, 0.6) is 5.75 Å². The fourth-order valence-electron chi connectivity index (χ4n) is 5.41. The number of oxazole rings is 1. The predicted molar refractivity (Wildman–Crippen MR) is 150 cm³/mol. The van der Waals surface area contributed by atoms with E-state index in [4.69, 9.17) is 25.5 Å². The molecule has 1 aliphatic heterocycles. The Morgan fingerprint density at radius 1 is 1.05 bits per heavy atom. The summed E-state index contributed by atoms with van der Waals surface area (Å²) in [5, 5.41) is 8.66. The Kier molecular flexibility index (Phi) is 7.28. The lowest BCUT2D eigenvalue weighted by Gasteiger charge is -2.37. The van der Waals surface area contributed by atoms with E-state index in [2.05, 4.69) is 15.2 Å². The third-order valence-corrected chi connectivity index (χ3v) is 7.76. The molecule has 5 aromatic rings. The maximum Gasteiger partial charge on any atom is 0.417 e. The smallest absolute Gasteiger partial charge is 0.417 e. The van der Waals surface area contributed by atoms with E-state index in [1.165, 1.54) is 6.07 Å². The van der Waals surface area contributed by atoms with Crippen LogP contribution in [0.1, 0.15) is 41.2 Å². The minimum Gasteiger partial charge on any atom is -0.496 e. The molecule has 1 unspecified atom stereocenters. The molecular weight excluding hydrogens is 569 g/mol. The average Bonchev–Trinajstić information content (AvgIpc) is 3.63. The largest absolute Gasteiger partial charge is 0.496 e. The van der Waals surface area contributed by atoms with Crippen LogP contribution >= 0.6 is 11.6 Å². The fourth-order valence-corrected chi connectivity index (χ4v) is 5.64. The number of hydrogen-bond acceptors (Lipinski definition) is 6. The molecule has 1 atom stereocenters. The summed E-state index contributed by atoms with van der Waals surface area (Å²) in [4.78, 5) is 4.17. The molecule has 1 aliphatic rings. The van der Waals surface area contributed by atoms with Gasteiger partial charge >= 0.3 is 6.18 Å². The zero-order chi connectivity index (χ0) is 29.5. The Balaban J connectivity index is 1.47. The number of fused-ring (bicyclic) bond motifs is 1. The molecule has 0 saturated carbocycles. The predicted octanol–water partition coefficient (Wildman–Crippen LogP) is 7.84. The molecule has 0 N–H and O–H groups in total. The minimum atomic E-state index is -4.64. The van der Waals surface area contributed by atoms with Gasteiger partial charge < -0.3 is 18.5 Å². The van der Waals surface area contributed by atoms with Crippen LogP contribution in [0.2, 0.25) is 5.02 Å². The van der Waals surface area contributed by atoms with Gasteiger partial charge in [-0.3, -0.25) is 0 Å². The molecule has 7 nitrogen and oxygen atoms in total. The Bertz CT molecular complexity index is 1740. The van der Waals surface area contributed by atoms with Crippen LogP contribution in [0.15, 0.2) is 77.3 Å². The first-order chi connectivity index (χ1) is 20.2. The number of nitrogens with zero attached hydrogens (tertiary/aromatic N) is 4. The summed E-state index contributed by atoms with van der Waals surface area (Å²) < 4.78 is 61.6. The summed E-state index contributed by atoms with van der Waals surface area (Å²) in [6.45, 7) is 2.47. The number of aromatic nitrogens is 4. The number of alkyl halides is 3. The summed E-state index contributed by atoms with van der Waals surface area (Å²) in [7, 11) is 1.56. The molecule has 0 aliphatic carbocycles. The Morgan fingerprint density at radius 2 is 1.86 bits per heavy atom. The monoisotopic (exact) mass is 594 g/mol. The lowest BCUT2D eigenvalue weighted by molar-refractivity contribution is -0.137. The average molecular weight is 595 g/mol. The van der Waals surface area contributed by atoms with Gasteiger partial charge in [0.05, 0.1) is 36.1 Å². The molecule has 216 valence electrons. The van der Waals surface area contributed by atoms with Crippen molar-refractivity contribution in [3.05, 3.63) is 106 Å². The van der Waals surface area contributed by atoms with E-state index in [9.17, 15) is 13.2 Å². The van der Waals surface area contributed by atoms with Crippen LogP contribution in [-0.4, -0.2) is 26.9 Å². The van der Waals surface area contributed by atoms with E-state index in [1.807, 2.05) is 53.1 Å². The normalized spacial score (nSPS) is 16.8. The first-order valence-electron chi connectivity index (χ1n) is 13.3. The minimum absolute atomic E-state index is 0.159. The Hall–Kier alpha value is -4.15. The van der Waals surface area contributed by atoms with Crippen molar-refractivity contribution in [3.63, 3.8) is 0 Å². The molecule has 0 saturated heterocycles. The molecule has 3 heterocycles. The third kappa shape index (κ3) is 5.05. The standard InChI is InChI=1S/C31H26ClF3N4O3/c1-19-36-17-27(42-19)23-11-9-21(15-26(23)40-2)28-37-38-29-30(13-6-14-39(28)29,41-18-20-7-4-3-5-8-20)22-10-12-25(32)24(16-22)31(33,34)35/h3-5,7-12,15-17H,6,13-14,18H2,1-2H3. The zero-order valence-electron chi connectivity index (χ0n) is 22.8. The van der Waals surface area contributed by atoms with Crippen molar-refractivity contribution in [2.45, 2.75) is 44.7 Å². The van der Waals surface area contributed by atoms with Gasteiger partial charge in [0.1, 0.15) is 5.75 Å². The molecular formula is C31H26ClF3N4O3. The molecule has 0 fully saturated rings. The second-order valence-electron chi connectivity index (χ2n) is 10.1. The van der Waals surface area contributed by atoms with Gasteiger partial charge in [-0.15, -0.1) is 10.2 Å². The Morgan fingerprint density at radius 3 is 2.57 bits per heavy atom. The van der Waals surface area contributed by atoms with Crippen molar-refractivity contribution in [1.29, 1.82) is 0 Å². The SMILES string of the molecule is COc1cc(-c2nnc3n2CCCC3(OCc2ccccc2)c2ccc(Cl)c(C(F)(F)F)c2)ccc1-c1cnc(C)o1. The molecule has 3 aromatic carbocycles. The van der Waals surface area contributed by atoms with Crippen LogP contribution in [0.4, 0.5) is 13.2 Å². The van der Waals surface area contributed by atoms with Gasteiger partial charge in [0.25, 0.3) is 0 Å². The summed E-state index contributed by atoms with van der Waals surface area (Å²) in [6.07, 6.45) is -1.99. The van der Waals surface area contributed by atoms with E-state index in [1.54, 1.807) is 26.3 Å². The van der Waals surface area contributed by atoms with E-state index in [0.29, 0.717) is 54.0 Å². The number of aryl methyl sites for hydroxylation is 1. The topological polar surface area (TPSA) is 75.2 Å². The zero-order valence-corrected chi connectivity index (χ0v) is 23.5. The van der Waals surface area contributed by atoms with Crippen LogP contribution < -0.4 is 4.74 Å².